The van der Waals surface area contributed by atoms with Gasteiger partial charge in [-0.25, -0.2) is 0 Å². The smallest absolute Gasteiger partial charge is 0.230 e. The number of nitrogens with one attached hydrogen (secondary N) is 2. The number of benzene rings is 1. The van der Waals surface area contributed by atoms with Gasteiger partial charge in [-0.1, -0.05) is 53.2 Å². The van der Waals surface area contributed by atoms with Crippen LogP contribution < -0.4 is 10.6 Å². The van der Waals surface area contributed by atoms with E-state index in [1.54, 1.807) is 0 Å². The van der Waals surface area contributed by atoms with Gasteiger partial charge in [-0.15, -0.1) is 0 Å². The predicted molar refractivity (Wildman–Crippen MR) is 103 cm³/mol. The molecule has 2 rings (SSSR count). The van der Waals surface area contributed by atoms with E-state index < -0.39 is 5.41 Å². The molecular weight excluding hydrogens is 312 g/mol. The molecule has 1 aromatic carbocycles. The lowest BCUT2D eigenvalue weighted by atomic mass is 9.63. The Balaban J connectivity index is 2.06. The largest absolute Gasteiger partial charge is 0.355 e. The zero-order valence-corrected chi connectivity index (χ0v) is 16.2. The van der Waals surface area contributed by atoms with Gasteiger partial charge in [-0.2, -0.15) is 0 Å². The van der Waals surface area contributed by atoms with E-state index in [1.165, 1.54) is 0 Å². The minimum absolute atomic E-state index is 0.00923. The molecule has 1 saturated carbocycles. The number of rotatable bonds is 6. The zero-order chi connectivity index (χ0) is 18.7. The minimum Gasteiger partial charge on any atom is -0.355 e. The van der Waals surface area contributed by atoms with Crippen LogP contribution in [0.15, 0.2) is 24.3 Å². The maximum absolute atomic E-state index is 12.7. The van der Waals surface area contributed by atoms with Crippen molar-refractivity contribution < 1.29 is 9.59 Å². The van der Waals surface area contributed by atoms with Gasteiger partial charge in [-0.3, -0.25) is 9.59 Å². The van der Waals surface area contributed by atoms with Gasteiger partial charge in [0, 0.05) is 17.6 Å². The molecule has 2 amide bonds. The summed E-state index contributed by atoms with van der Waals surface area (Å²) in [7, 11) is 0. The van der Waals surface area contributed by atoms with Gasteiger partial charge in [0.15, 0.2) is 0 Å². The number of anilines is 1. The molecule has 1 aromatic rings. The molecule has 0 atom stereocenters. The summed E-state index contributed by atoms with van der Waals surface area (Å²) in [6.45, 7) is 10.7. The van der Waals surface area contributed by atoms with Crippen LogP contribution in [0.2, 0.25) is 0 Å². The molecule has 25 heavy (non-hydrogen) atoms. The first-order chi connectivity index (χ1) is 11.6. The third-order valence-electron chi connectivity index (χ3n) is 5.03. The quantitative estimate of drug-likeness (QED) is 0.810. The van der Waals surface area contributed by atoms with Crippen molar-refractivity contribution in [2.45, 2.75) is 65.7 Å². The first-order valence-electron chi connectivity index (χ1n) is 9.35. The van der Waals surface area contributed by atoms with Crippen molar-refractivity contribution in [2.24, 2.45) is 11.3 Å². The van der Waals surface area contributed by atoms with Gasteiger partial charge >= 0.3 is 0 Å². The van der Waals surface area contributed by atoms with Crippen LogP contribution in [0.1, 0.15) is 65.9 Å². The molecule has 0 saturated heterocycles. The average Bonchev–Trinajstić information content (AvgIpc) is 2.46. The van der Waals surface area contributed by atoms with Crippen molar-refractivity contribution in [3.8, 4) is 0 Å². The fourth-order valence-corrected chi connectivity index (χ4v) is 3.01. The highest BCUT2D eigenvalue weighted by Crippen LogP contribution is 2.44. The van der Waals surface area contributed by atoms with E-state index in [0.29, 0.717) is 5.92 Å². The van der Waals surface area contributed by atoms with Gasteiger partial charge in [0.05, 0.1) is 5.41 Å². The van der Waals surface area contributed by atoms with E-state index in [1.807, 2.05) is 45.0 Å². The maximum atomic E-state index is 12.7. The van der Waals surface area contributed by atoms with E-state index in [2.05, 4.69) is 24.5 Å². The summed E-state index contributed by atoms with van der Waals surface area (Å²) in [6, 6.07) is 7.78. The molecule has 0 aromatic heterocycles. The molecule has 0 bridgehead atoms. The average molecular weight is 344 g/mol. The van der Waals surface area contributed by atoms with Crippen LogP contribution in [-0.2, 0) is 15.0 Å². The van der Waals surface area contributed by atoms with Crippen LogP contribution in [0.25, 0.3) is 0 Å². The Morgan fingerprint density at radius 2 is 1.72 bits per heavy atom. The number of hydrogen-bond donors (Lipinski definition) is 2. The predicted octanol–water partition coefficient (Wildman–Crippen LogP) is 4.26. The SMILES string of the molecule is CC(C)CCNC(=O)C1(c2ccc(NC(=O)C(C)(C)C)cc2)CCC1. The second-order valence-electron chi connectivity index (χ2n) is 8.66. The van der Waals surface area contributed by atoms with Gasteiger partial charge in [-0.05, 0) is 42.9 Å². The van der Waals surface area contributed by atoms with E-state index in [0.717, 1.165) is 43.5 Å². The highest BCUT2D eigenvalue weighted by molar-refractivity contribution is 5.94. The molecule has 0 spiro atoms. The normalized spacial score (nSPS) is 16.2. The lowest BCUT2D eigenvalue weighted by molar-refractivity contribution is -0.130. The molecule has 138 valence electrons. The van der Waals surface area contributed by atoms with Crippen molar-refractivity contribution in [2.75, 3.05) is 11.9 Å². The molecule has 1 aliphatic carbocycles. The topological polar surface area (TPSA) is 58.2 Å². The number of hydrogen-bond acceptors (Lipinski definition) is 2. The van der Waals surface area contributed by atoms with Gasteiger partial charge in [0.25, 0.3) is 0 Å². The standard InChI is InChI=1S/C21H32N2O2/c1-15(2)11-14-22-19(25)21(12-6-13-21)16-7-9-17(10-8-16)23-18(24)20(3,4)5/h7-10,15H,6,11-14H2,1-5H3,(H,22,25)(H,23,24). The van der Waals surface area contributed by atoms with Crippen molar-refractivity contribution in [1.29, 1.82) is 0 Å². The molecule has 2 N–H and O–H groups in total. The highest BCUT2D eigenvalue weighted by atomic mass is 16.2. The molecule has 4 heteroatoms. The Morgan fingerprint density at radius 1 is 1.12 bits per heavy atom. The summed E-state index contributed by atoms with van der Waals surface area (Å²) in [6.07, 6.45) is 3.88. The molecule has 4 nitrogen and oxygen atoms in total. The fourth-order valence-electron chi connectivity index (χ4n) is 3.01. The van der Waals surface area contributed by atoms with Crippen LogP contribution >= 0.6 is 0 Å². The van der Waals surface area contributed by atoms with E-state index in [9.17, 15) is 9.59 Å². The molecule has 0 heterocycles. The summed E-state index contributed by atoms with van der Waals surface area (Å²) < 4.78 is 0. The Labute approximate surface area is 151 Å². The van der Waals surface area contributed by atoms with Crippen molar-refractivity contribution in [1.82, 2.24) is 5.32 Å². The summed E-state index contributed by atoms with van der Waals surface area (Å²) >= 11 is 0. The Hall–Kier alpha value is -1.84. The molecule has 0 aliphatic heterocycles. The first kappa shape index (κ1) is 19.5. The number of amides is 2. The number of carbonyl (C=O) groups excluding carboxylic acids is 2. The lowest BCUT2D eigenvalue weighted by Crippen LogP contribution is -2.49. The maximum Gasteiger partial charge on any atom is 0.230 e. The van der Waals surface area contributed by atoms with Gasteiger partial charge < -0.3 is 10.6 Å². The molecule has 1 aliphatic rings. The van der Waals surface area contributed by atoms with E-state index in [4.69, 9.17) is 0 Å². The summed E-state index contributed by atoms with van der Waals surface area (Å²) in [5.41, 5.74) is 1.01. The second kappa shape index (κ2) is 7.59. The van der Waals surface area contributed by atoms with Crippen LogP contribution in [0.4, 0.5) is 5.69 Å². The lowest BCUT2D eigenvalue weighted by Gasteiger charge is -2.41. The summed E-state index contributed by atoms with van der Waals surface area (Å²) in [4.78, 5) is 24.8. The highest BCUT2D eigenvalue weighted by Gasteiger charge is 2.45. The summed E-state index contributed by atoms with van der Waals surface area (Å²) in [5.74, 6) is 0.722. The van der Waals surface area contributed by atoms with Crippen LogP contribution in [-0.4, -0.2) is 18.4 Å². The van der Waals surface area contributed by atoms with E-state index in [-0.39, 0.29) is 17.2 Å². The fraction of sp³-hybridized carbons (Fsp3) is 0.619. The Morgan fingerprint density at radius 3 is 2.16 bits per heavy atom. The van der Waals surface area contributed by atoms with Crippen molar-refractivity contribution >= 4 is 17.5 Å². The second-order valence-corrected chi connectivity index (χ2v) is 8.66. The van der Waals surface area contributed by atoms with Crippen LogP contribution in [0.5, 0.6) is 0 Å². The van der Waals surface area contributed by atoms with Crippen molar-refractivity contribution in [3.05, 3.63) is 29.8 Å². The minimum atomic E-state index is -0.426. The van der Waals surface area contributed by atoms with Gasteiger partial charge in [0.2, 0.25) is 11.8 Å². The molecule has 1 fully saturated rings. The van der Waals surface area contributed by atoms with E-state index >= 15 is 0 Å². The third kappa shape index (κ3) is 4.62. The molecular formula is C21H32N2O2. The third-order valence-corrected chi connectivity index (χ3v) is 5.03. The van der Waals surface area contributed by atoms with Gasteiger partial charge in [0.1, 0.15) is 0 Å². The Kier molecular flexibility index (Phi) is 5.91. The molecule has 0 unspecified atom stereocenters. The monoisotopic (exact) mass is 344 g/mol. The van der Waals surface area contributed by atoms with Crippen molar-refractivity contribution in [3.63, 3.8) is 0 Å². The first-order valence-corrected chi connectivity index (χ1v) is 9.35. The molecule has 0 radical (unpaired) electrons. The Bertz CT molecular complexity index is 608. The summed E-state index contributed by atoms with van der Waals surface area (Å²) in [5, 5.41) is 6.05. The number of carbonyl (C=O) groups is 2. The zero-order valence-electron chi connectivity index (χ0n) is 16.2. The van der Waals surface area contributed by atoms with Crippen LogP contribution in [0.3, 0.4) is 0 Å². The van der Waals surface area contributed by atoms with Crippen LogP contribution in [0, 0.1) is 11.3 Å².